The first-order valence-electron chi connectivity index (χ1n) is 9.97. The van der Waals surface area contributed by atoms with E-state index in [1.54, 1.807) is 7.11 Å². The minimum Gasteiger partial charge on any atom is -0.497 e. The van der Waals surface area contributed by atoms with E-state index in [0.717, 1.165) is 57.1 Å². The van der Waals surface area contributed by atoms with Crippen molar-refractivity contribution in [1.82, 2.24) is 4.90 Å². The van der Waals surface area contributed by atoms with Crippen molar-refractivity contribution >= 4 is 5.69 Å². The van der Waals surface area contributed by atoms with Crippen LogP contribution in [-0.2, 0) is 12.0 Å². The summed E-state index contributed by atoms with van der Waals surface area (Å²) < 4.78 is 11.3. The van der Waals surface area contributed by atoms with Crippen LogP contribution in [0.25, 0.3) is 0 Å². The first-order chi connectivity index (χ1) is 13.1. The second-order valence-corrected chi connectivity index (χ2v) is 8.04. The number of methoxy groups -OCH3 is 1. The molecule has 4 rings (SSSR count). The Kier molecular flexibility index (Phi) is 5.00. The van der Waals surface area contributed by atoms with Crippen molar-refractivity contribution in [2.75, 3.05) is 45.3 Å². The van der Waals surface area contributed by atoms with Crippen LogP contribution in [0.2, 0.25) is 0 Å². The van der Waals surface area contributed by atoms with Gasteiger partial charge in [-0.15, -0.1) is 0 Å². The molecule has 0 aromatic heterocycles. The van der Waals surface area contributed by atoms with Crippen LogP contribution < -0.4 is 14.4 Å². The number of unbranched alkanes of at least 4 members (excludes halogenated alkanes) is 1. The van der Waals surface area contributed by atoms with E-state index in [9.17, 15) is 0 Å². The predicted molar refractivity (Wildman–Crippen MR) is 110 cm³/mol. The molecule has 4 nitrogen and oxygen atoms in total. The third kappa shape index (κ3) is 3.51. The minimum absolute atomic E-state index is 0.276. The standard InChI is InChI=1S/C23H30N2O2/c1-4-5-12-27-20-10-11-21-22(13-20)25(17-23(21)15-24(2)16-23)14-18-6-8-19(26-3)9-7-18/h6-11,13H,4-5,12,14-17H2,1-3H3. The topological polar surface area (TPSA) is 24.9 Å². The molecule has 0 atom stereocenters. The summed E-state index contributed by atoms with van der Waals surface area (Å²) in [6.07, 6.45) is 2.26. The number of likely N-dealkylation sites (tertiary alicyclic amines) is 1. The third-order valence-corrected chi connectivity index (χ3v) is 5.82. The largest absolute Gasteiger partial charge is 0.497 e. The molecule has 2 aliphatic heterocycles. The summed E-state index contributed by atoms with van der Waals surface area (Å²) in [6.45, 7) is 7.25. The zero-order chi connectivity index (χ0) is 18.9. The van der Waals surface area contributed by atoms with Crippen molar-refractivity contribution in [1.29, 1.82) is 0 Å². The Morgan fingerprint density at radius 3 is 2.41 bits per heavy atom. The van der Waals surface area contributed by atoms with Crippen LogP contribution in [0.5, 0.6) is 11.5 Å². The second kappa shape index (κ2) is 7.43. The van der Waals surface area contributed by atoms with Gasteiger partial charge in [0.05, 0.1) is 13.7 Å². The summed E-state index contributed by atoms with van der Waals surface area (Å²) in [5, 5.41) is 0. The molecule has 0 bridgehead atoms. The van der Waals surface area contributed by atoms with Gasteiger partial charge in [-0.25, -0.2) is 0 Å². The van der Waals surface area contributed by atoms with Crippen molar-refractivity contribution in [3.63, 3.8) is 0 Å². The summed E-state index contributed by atoms with van der Waals surface area (Å²) in [6, 6.07) is 15.1. The number of fused-ring (bicyclic) bond motifs is 2. The average molecular weight is 367 g/mol. The van der Waals surface area contributed by atoms with Gasteiger partial charge in [0.15, 0.2) is 0 Å². The number of benzene rings is 2. The van der Waals surface area contributed by atoms with Gasteiger partial charge in [-0.1, -0.05) is 31.5 Å². The highest BCUT2D eigenvalue weighted by atomic mass is 16.5. The highest BCUT2D eigenvalue weighted by molar-refractivity contribution is 5.66. The molecule has 2 heterocycles. The third-order valence-electron chi connectivity index (χ3n) is 5.82. The van der Waals surface area contributed by atoms with Gasteiger partial charge in [0.1, 0.15) is 11.5 Å². The molecule has 0 amide bonds. The van der Waals surface area contributed by atoms with Gasteiger partial charge in [0, 0.05) is 43.3 Å². The van der Waals surface area contributed by atoms with Crippen LogP contribution in [0, 0.1) is 0 Å². The van der Waals surface area contributed by atoms with E-state index >= 15 is 0 Å². The highest BCUT2D eigenvalue weighted by Gasteiger charge is 2.49. The van der Waals surface area contributed by atoms with Crippen molar-refractivity contribution in [2.24, 2.45) is 0 Å². The van der Waals surface area contributed by atoms with Crippen molar-refractivity contribution < 1.29 is 9.47 Å². The normalized spacial score (nSPS) is 17.7. The lowest BCUT2D eigenvalue weighted by molar-refractivity contribution is 0.106. The highest BCUT2D eigenvalue weighted by Crippen LogP contribution is 2.47. The summed E-state index contributed by atoms with van der Waals surface area (Å²) >= 11 is 0. The zero-order valence-corrected chi connectivity index (χ0v) is 16.7. The fourth-order valence-corrected chi connectivity index (χ4v) is 4.53. The second-order valence-electron chi connectivity index (χ2n) is 8.04. The predicted octanol–water partition coefficient (Wildman–Crippen LogP) is 4.08. The van der Waals surface area contributed by atoms with E-state index in [1.807, 2.05) is 12.1 Å². The summed E-state index contributed by atoms with van der Waals surface area (Å²) in [7, 11) is 3.92. The van der Waals surface area contributed by atoms with Crippen molar-refractivity contribution in [3.8, 4) is 11.5 Å². The monoisotopic (exact) mass is 366 g/mol. The molecule has 2 aromatic rings. The Hall–Kier alpha value is -2.20. The van der Waals surface area contributed by atoms with Crippen molar-refractivity contribution in [3.05, 3.63) is 53.6 Å². The van der Waals surface area contributed by atoms with E-state index in [4.69, 9.17) is 9.47 Å². The molecule has 0 aliphatic carbocycles. The fraction of sp³-hybridized carbons (Fsp3) is 0.478. The quantitative estimate of drug-likeness (QED) is 0.690. The molecule has 2 aromatic carbocycles. The van der Waals surface area contributed by atoms with Gasteiger partial charge >= 0.3 is 0 Å². The number of nitrogens with zero attached hydrogens (tertiary/aromatic N) is 2. The minimum atomic E-state index is 0.276. The molecule has 4 heteroatoms. The molecular formula is C23H30N2O2. The molecule has 0 saturated carbocycles. The van der Waals surface area contributed by atoms with E-state index in [-0.39, 0.29) is 5.41 Å². The number of likely N-dealkylation sites (N-methyl/N-ethyl adjacent to an activating group) is 1. The molecule has 0 unspecified atom stereocenters. The van der Waals surface area contributed by atoms with Gasteiger partial charge in [-0.3, -0.25) is 0 Å². The van der Waals surface area contributed by atoms with E-state index < -0.39 is 0 Å². The molecule has 144 valence electrons. The molecular weight excluding hydrogens is 336 g/mol. The molecule has 27 heavy (non-hydrogen) atoms. The van der Waals surface area contributed by atoms with Gasteiger partial charge in [-0.2, -0.15) is 0 Å². The van der Waals surface area contributed by atoms with Crippen LogP contribution in [0.1, 0.15) is 30.9 Å². The lowest BCUT2D eigenvalue weighted by Gasteiger charge is -2.46. The molecule has 1 spiro atoms. The Morgan fingerprint density at radius 2 is 1.74 bits per heavy atom. The first-order valence-corrected chi connectivity index (χ1v) is 9.97. The van der Waals surface area contributed by atoms with Crippen LogP contribution in [0.3, 0.4) is 0 Å². The van der Waals surface area contributed by atoms with Crippen LogP contribution in [0.15, 0.2) is 42.5 Å². The van der Waals surface area contributed by atoms with E-state index in [1.165, 1.54) is 16.8 Å². The summed E-state index contributed by atoms with van der Waals surface area (Å²) in [5.41, 5.74) is 4.41. The van der Waals surface area contributed by atoms with Gasteiger partial charge in [0.2, 0.25) is 0 Å². The zero-order valence-electron chi connectivity index (χ0n) is 16.7. The number of hydrogen-bond acceptors (Lipinski definition) is 4. The molecule has 1 saturated heterocycles. The summed E-state index contributed by atoms with van der Waals surface area (Å²) in [5.74, 6) is 1.90. The lowest BCUT2D eigenvalue weighted by atomic mass is 9.75. The average Bonchev–Trinajstić information content (AvgIpc) is 2.96. The lowest BCUT2D eigenvalue weighted by Crippen LogP contribution is -2.59. The fourth-order valence-electron chi connectivity index (χ4n) is 4.53. The maximum Gasteiger partial charge on any atom is 0.121 e. The Bertz CT molecular complexity index is 781. The number of rotatable bonds is 7. The maximum atomic E-state index is 5.99. The Morgan fingerprint density at radius 1 is 1.00 bits per heavy atom. The van der Waals surface area contributed by atoms with Gasteiger partial charge < -0.3 is 19.3 Å². The first kappa shape index (κ1) is 18.2. The smallest absolute Gasteiger partial charge is 0.121 e. The van der Waals surface area contributed by atoms with Crippen LogP contribution in [-0.4, -0.2) is 45.3 Å². The molecule has 0 N–H and O–H groups in total. The number of anilines is 1. The van der Waals surface area contributed by atoms with Gasteiger partial charge in [0.25, 0.3) is 0 Å². The van der Waals surface area contributed by atoms with Crippen LogP contribution >= 0.6 is 0 Å². The van der Waals surface area contributed by atoms with Crippen LogP contribution in [0.4, 0.5) is 5.69 Å². The molecule has 2 aliphatic rings. The van der Waals surface area contributed by atoms with E-state index in [2.05, 4.69) is 54.1 Å². The molecule has 1 fully saturated rings. The van der Waals surface area contributed by atoms with Gasteiger partial charge in [-0.05, 0) is 42.8 Å². The van der Waals surface area contributed by atoms with Crippen molar-refractivity contribution in [2.45, 2.75) is 31.7 Å². The molecule has 0 radical (unpaired) electrons. The van der Waals surface area contributed by atoms with E-state index in [0.29, 0.717) is 0 Å². The summed E-state index contributed by atoms with van der Waals surface area (Å²) in [4.78, 5) is 4.93. The number of hydrogen-bond donors (Lipinski definition) is 0. The number of ether oxygens (including phenoxy) is 2. The Balaban J connectivity index is 1.58. The Labute approximate surface area is 162 Å². The maximum absolute atomic E-state index is 5.99. The SMILES string of the molecule is CCCCOc1ccc2c(c1)N(Cc1ccc(OC)cc1)CC21CN(C)C1.